The monoisotopic (exact) mass is 168 g/mol. The third-order valence-corrected chi connectivity index (χ3v) is 2.26. The molecule has 2 rings (SSSR count). The van der Waals surface area contributed by atoms with E-state index in [0.29, 0.717) is 5.02 Å². The van der Waals surface area contributed by atoms with Gasteiger partial charge in [-0.25, -0.2) is 0 Å². The van der Waals surface area contributed by atoms with Crippen molar-refractivity contribution >= 4 is 11.6 Å². The van der Waals surface area contributed by atoms with Crippen LogP contribution in [0.1, 0.15) is 18.5 Å². The van der Waals surface area contributed by atoms with Gasteiger partial charge in [-0.2, -0.15) is 0 Å². The van der Waals surface area contributed by atoms with Gasteiger partial charge in [0.2, 0.25) is 0 Å². The number of halogens is 1. The van der Waals surface area contributed by atoms with Gasteiger partial charge in [0.25, 0.3) is 0 Å². The zero-order chi connectivity index (χ0) is 7.90. The first kappa shape index (κ1) is 7.07. The lowest BCUT2D eigenvalue weighted by Gasteiger charge is -2.06. The summed E-state index contributed by atoms with van der Waals surface area (Å²) in [6.07, 6.45) is 3.76. The van der Waals surface area contributed by atoms with Crippen molar-refractivity contribution in [3.63, 3.8) is 0 Å². The van der Waals surface area contributed by atoms with E-state index in [2.05, 4.69) is 4.98 Å². The van der Waals surface area contributed by atoms with Crippen LogP contribution in [0.4, 0.5) is 0 Å². The van der Waals surface area contributed by atoms with Gasteiger partial charge in [-0.05, 0) is 25.0 Å². The lowest BCUT2D eigenvalue weighted by Crippen LogP contribution is -2.19. The molecule has 0 aromatic carbocycles. The summed E-state index contributed by atoms with van der Waals surface area (Å²) in [6, 6.07) is 3.60. The number of nitrogens with zero attached hydrogens (tertiary/aromatic N) is 1. The van der Waals surface area contributed by atoms with Gasteiger partial charge in [0.1, 0.15) is 0 Å². The molecule has 1 aliphatic carbocycles. The van der Waals surface area contributed by atoms with E-state index in [1.807, 2.05) is 6.07 Å². The molecule has 1 aromatic rings. The standard InChI is InChI=1S/C8H9ClN2/c9-6-1-4-11-7(5-6)8(10)2-3-8/h1,4-5H,2-3,10H2. The Labute approximate surface area is 70.4 Å². The van der Waals surface area contributed by atoms with Crippen molar-refractivity contribution in [1.82, 2.24) is 4.98 Å². The second-order valence-corrected chi connectivity index (χ2v) is 3.45. The third kappa shape index (κ3) is 1.24. The summed E-state index contributed by atoms with van der Waals surface area (Å²) in [5.74, 6) is 0. The molecule has 2 nitrogen and oxygen atoms in total. The smallest absolute Gasteiger partial charge is 0.0617 e. The molecule has 1 aliphatic rings. The molecule has 11 heavy (non-hydrogen) atoms. The van der Waals surface area contributed by atoms with E-state index >= 15 is 0 Å². The highest BCUT2D eigenvalue weighted by Gasteiger charge is 2.41. The van der Waals surface area contributed by atoms with Crippen LogP contribution in [0.3, 0.4) is 0 Å². The molecule has 0 unspecified atom stereocenters. The summed E-state index contributed by atoms with van der Waals surface area (Å²) in [5, 5.41) is 0.715. The number of hydrogen-bond donors (Lipinski definition) is 1. The lowest BCUT2D eigenvalue weighted by atomic mass is 10.2. The molecule has 1 heterocycles. The number of rotatable bonds is 1. The Bertz CT molecular complexity index is 281. The van der Waals surface area contributed by atoms with Crippen molar-refractivity contribution in [2.24, 2.45) is 5.73 Å². The minimum Gasteiger partial charge on any atom is -0.320 e. The molecule has 1 saturated carbocycles. The van der Waals surface area contributed by atoms with Crippen LogP contribution in [0, 0.1) is 0 Å². The average molecular weight is 169 g/mol. The second-order valence-electron chi connectivity index (χ2n) is 3.02. The predicted octanol–water partition coefficient (Wildman–Crippen LogP) is 1.68. The third-order valence-electron chi connectivity index (χ3n) is 2.02. The Kier molecular flexibility index (Phi) is 1.41. The van der Waals surface area contributed by atoms with Crippen molar-refractivity contribution in [2.75, 3.05) is 0 Å². The summed E-state index contributed by atoms with van der Waals surface area (Å²) in [5.41, 5.74) is 6.68. The Hall–Kier alpha value is -0.600. The molecule has 0 aliphatic heterocycles. The van der Waals surface area contributed by atoms with Gasteiger partial charge in [0.15, 0.2) is 0 Å². The molecule has 1 aromatic heterocycles. The van der Waals surface area contributed by atoms with Crippen molar-refractivity contribution in [1.29, 1.82) is 0 Å². The summed E-state index contributed by atoms with van der Waals surface area (Å²) in [7, 11) is 0. The fourth-order valence-corrected chi connectivity index (χ4v) is 1.23. The maximum absolute atomic E-state index is 5.92. The van der Waals surface area contributed by atoms with E-state index in [4.69, 9.17) is 17.3 Å². The van der Waals surface area contributed by atoms with Crippen LogP contribution < -0.4 is 5.73 Å². The normalized spacial score (nSPS) is 19.8. The summed E-state index contributed by atoms with van der Waals surface area (Å²) in [6.45, 7) is 0. The molecule has 1 fully saturated rings. The Morgan fingerprint density at radius 2 is 2.27 bits per heavy atom. The maximum Gasteiger partial charge on any atom is 0.0617 e. The molecular formula is C8H9ClN2. The van der Waals surface area contributed by atoms with Crippen LogP contribution >= 0.6 is 11.6 Å². The molecule has 0 radical (unpaired) electrons. The Morgan fingerprint density at radius 1 is 1.55 bits per heavy atom. The maximum atomic E-state index is 5.92. The van der Waals surface area contributed by atoms with Crippen LogP contribution in [0.15, 0.2) is 18.3 Å². The molecule has 0 amide bonds. The van der Waals surface area contributed by atoms with Crippen molar-refractivity contribution in [3.8, 4) is 0 Å². The number of nitrogens with two attached hydrogens (primary N) is 1. The van der Waals surface area contributed by atoms with E-state index in [1.165, 1.54) is 0 Å². The highest BCUT2D eigenvalue weighted by atomic mass is 35.5. The Balaban J connectivity index is 2.38. The largest absolute Gasteiger partial charge is 0.320 e. The number of pyridine rings is 1. The molecule has 0 spiro atoms. The fourth-order valence-electron chi connectivity index (χ4n) is 1.07. The second kappa shape index (κ2) is 2.19. The molecule has 0 bridgehead atoms. The summed E-state index contributed by atoms with van der Waals surface area (Å²) in [4.78, 5) is 4.16. The van der Waals surface area contributed by atoms with Gasteiger partial charge < -0.3 is 5.73 Å². The summed E-state index contributed by atoms with van der Waals surface area (Å²) < 4.78 is 0. The predicted molar refractivity (Wildman–Crippen MR) is 44.3 cm³/mol. The quantitative estimate of drug-likeness (QED) is 0.693. The highest BCUT2D eigenvalue weighted by Crippen LogP contribution is 2.41. The number of aromatic nitrogens is 1. The SMILES string of the molecule is NC1(c2cc(Cl)ccn2)CC1. The van der Waals surface area contributed by atoms with Gasteiger partial charge >= 0.3 is 0 Å². The topological polar surface area (TPSA) is 38.9 Å². The van der Waals surface area contributed by atoms with Crippen LogP contribution in [0.25, 0.3) is 0 Å². The van der Waals surface area contributed by atoms with E-state index in [9.17, 15) is 0 Å². The fraction of sp³-hybridized carbons (Fsp3) is 0.375. The van der Waals surface area contributed by atoms with Gasteiger partial charge in [0.05, 0.1) is 11.2 Å². The van der Waals surface area contributed by atoms with E-state index in [0.717, 1.165) is 18.5 Å². The van der Waals surface area contributed by atoms with Crippen molar-refractivity contribution in [2.45, 2.75) is 18.4 Å². The van der Waals surface area contributed by atoms with Crippen LogP contribution in [0.2, 0.25) is 5.02 Å². The lowest BCUT2D eigenvalue weighted by molar-refractivity contribution is 0.708. The zero-order valence-electron chi connectivity index (χ0n) is 6.05. The van der Waals surface area contributed by atoms with Crippen LogP contribution in [-0.4, -0.2) is 4.98 Å². The van der Waals surface area contributed by atoms with Gasteiger partial charge in [-0.1, -0.05) is 11.6 Å². The minimum absolute atomic E-state index is 0.162. The molecule has 3 heteroatoms. The van der Waals surface area contributed by atoms with E-state index in [-0.39, 0.29) is 5.54 Å². The average Bonchev–Trinajstić information content (AvgIpc) is 2.70. The molecule has 0 atom stereocenters. The van der Waals surface area contributed by atoms with Crippen LogP contribution in [-0.2, 0) is 5.54 Å². The zero-order valence-corrected chi connectivity index (χ0v) is 6.80. The van der Waals surface area contributed by atoms with E-state index < -0.39 is 0 Å². The molecule has 0 saturated heterocycles. The molecular weight excluding hydrogens is 160 g/mol. The van der Waals surface area contributed by atoms with Gasteiger partial charge in [0, 0.05) is 11.2 Å². The van der Waals surface area contributed by atoms with Crippen molar-refractivity contribution in [3.05, 3.63) is 29.0 Å². The van der Waals surface area contributed by atoms with E-state index in [1.54, 1.807) is 12.3 Å². The minimum atomic E-state index is -0.162. The number of hydrogen-bond acceptors (Lipinski definition) is 2. The van der Waals surface area contributed by atoms with Gasteiger partial charge in [-0.3, -0.25) is 4.98 Å². The first-order valence-corrected chi connectivity index (χ1v) is 3.99. The molecule has 58 valence electrons. The van der Waals surface area contributed by atoms with Crippen LogP contribution in [0.5, 0.6) is 0 Å². The molecule has 2 N–H and O–H groups in total. The first-order valence-electron chi connectivity index (χ1n) is 3.62. The first-order chi connectivity index (χ1) is 5.21. The highest BCUT2D eigenvalue weighted by molar-refractivity contribution is 6.30. The van der Waals surface area contributed by atoms with Gasteiger partial charge in [-0.15, -0.1) is 0 Å². The van der Waals surface area contributed by atoms with Crippen molar-refractivity contribution < 1.29 is 0 Å². The Morgan fingerprint density at radius 3 is 2.82 bits per heavy atom. The summed E-state index contributed by atoms with van der Waals surface area (Å²) >= 11 is 5.78.